The second kappa shape index (κ2) is 3.45. The molecule has 1 heterocycles. The summed E-state index contributed by atoms with van der Waals surface area (Å²) in [6.07, 6.45) is 0. The van der Waals surface area contributed by atoms with Crippen LogP contribution in [0.25, 0.3) is 0 Å². The molecule has 0 aromatic heterocycles. The summed E-state index contributed by atoms with van der Waals surface area (Å²) in [4.78, 5) is 22.3. The van der Waals surface area contributed by atoms with Crippen LogP contribution in [0.4, 0.5) is 4.39 Å². The van der Waals surface area contributed by atoms with Gasteiger partial charge in [0.2, 0.25) is 5.78 Å². The number of Topliss-reactive ketones (excluding diaryl/α,β-unsaturated/α-hetero) is 1. The van der Waals surface area contributed by atoms with Crippen molar-refractivity contribution in [2.45, 2.75) is 5.67 Å². The number of benzene rings is 1. The molecule has 1 aliphatic rings. The Balaban J connectivity index is 2.54. The number of carboxylic acid groups (broad SMARTS) is 1. The van der Waals surface area contributed by atoms with Gasteiger partial charge in [0.25, 0.3) is 0 Å². The maximum absolute atomic E-state index is 13.8. The van der Waals surface area contributed by atoms with Gasteiger partial charge in [-0.2, -0.15) is 0 Å². The molecule has 1 unspecified atom stereocenters. The van der Waals surface area contributed by atoms with Crippen LogP contribution in [0.2, 0.25) is 5.02 Å². The molecule has 1 aliphatic heterocycles. The highest BCUT2D eigenvalue weighted by atomic mass is 35.5. The number of hydrogen-bond donors (Lipinski definition) is 1. The number of halogens is 2. The summed E-state index contributed by atoms with van der Waals surface area (Å²) in [5.41, 5.74) is -3.18. The van der Waals surface area contributed by atoms with Gasteiger partial charge >= 0.3 is 11.6 Å². The van der Waals surface area contributed by atoms with Gasteiger partial charge in [-0.15, -0.1) is 0 Å². The molecule has 0 aliphatic carbocycles. The van der Waals surface area contributed by atoms with Gasteiger partial charge in [0.15, 0.2) is 0 Å². The Kier molecular flexibility index (Phi) is 2.35. The highest BCUT2D eigenvalue weighted by molar-refractivity contribution is 6.31. The Labute approximate surface area is 94.6 Å². The molecule has 1 aromatic rings. The highest BCUT2D eigenvalue weighted by Gasteiger charge is 2.51. The smallest absolute Gasteiger partial charge is 0.353 e. The van der Waals surface area contributed by atoms with Crippen molar-refractivity contribution in [3.05, 3.63) is 28.8 Å². The number of aliphatic carboxylic acids is 1. The van der Waals surface area contributed by atoms with Crippen molar-refractivity contribution in [1.82, 2.24) is 0 Å². The average molecular weight is 245 g/mol. The Bertz CT molecular complexity index is 488. The van der Waals surface area contributed by atoms with Gasteiger partial charge in [-0.05, 0) is 18.2 Å². The summed E-state index contributed by atoms with van der Waals surface area (Å²) in [6.45, 7) is -0.824. The van der Waals surface area contributed by atoms with Crippen molar-refractivity contribution in [2.75, 3.05) is 6.61 Å². The number of alkyl halides is 1. The van der Waals surface area contributed by atoms with E-state index in [1.807, 2.05) is 0 Å². The molecule has 0 saturated heterocycles. The number of hydrogen-bond acceptors (Lipinski definition) is 3. The zero-order valence-electron chi connectivity index (χ0n) is 7.87. The summed E-state index contributed by atoms with van der Waals surface area (Å²) < 4.78 is 18.7. The minimum atomic E-state index is -3.03. The maximum atomic E-state index is 13.8. The third-order valence-corrected chi connectivity index (χ3v) is 2.55. The summed E-state index contributed by atoms with van der Waals surface area (Å²) >= 11 is 5.64. The molecule has 2 rings (SSSR count). The number of carboxylic acids is 1. The second-order valence-electron chi connectivity index (χ2n) is 3.36. The highest BCUT2D eigenvalue weighted by Crippen LogP contribution is 2.33. The fourth-order valence-corrected chi connectivity index (χ4v) is 1.59. The third kappa shape index (κ3) is 1.44. The Morgan fingerprint density at radius 3 is 2.88 bits per heavy atom. The fraction of sp³-hybridized carbons (Fsp3) is 0.200. The van der Waals surface area contributed by atoms with Crippen molar-refractivity contribution in [1.29, 1.82) is 0 Å². The molecular formula is C10H6ClFO4. The molecular weight excluding hydrogens is 239 g/mol. The lowest BCUT2D eigenvalue weighted by atomic mass is 9.92. The number of carbonyl (C=O) groups excluding carboxylic acids is 1. The molecule has 1 aromatic carbocycles. The maximum Gasteiger partial charge on any atom is 0.353 e. The number of ketones is 1. The van der Waals surface area contributed by atoms with Crippen LogP contribution in [0.3, 0.4) is 0 Å². The van der Waals surface area contributed by atoms with Gasteiger partial charge in [0.05, 0.1) is 5.56 Å². The van der Waals surface area contributed by atoms with E-state index >= 15 is 0 Å². The number of fused-ring (bicyclic) bond motifs is 1. The molecule has 1 atom stereocenters. The standard InChI is InChI=1S/C10H6ClFO4/c11-5-1-2-7-6(3-5)8(13)10(12,4-16-7)9(14)15/h1-3H,4H2,(H,14,15). The van der Waals surface area contributed by atoms with Crippen molar-refractivity contribution >= 4 is 23.4 Å². The molecule has 0 fully saturated rings. The first kappa shape index (κ1) is 10.9. The molecule has 0 bridgehead atoms. The molecule has 84 valence electrons. The largest absolute Gasteiger partial charge is 0.488 e. The van der Waals surface area contributed by atoms with Crippen LogP contribution in [0.15, 0.2) is 18.2 Å². The molecule has 1 N–H and O–H groups in total. The Morgan fingerprint density at radius 2 is 2.25 bits per heavy atom. The number of ether oxygens (including phenoxy) is 1. The normalized spacial score (nSPS) is 23.5. The summed E-state index contributed by atoms with van der Waals surface area (Å²) in [6, 6.07) is 4.06. The molecule has 0 saturated carbocycles. The van der Waals surface area contributed by atoms with Crippen molar-refractivity contribution in [3.63, 3.8) is 0 Å². The Morgan fingerprint density at radius 1 is 1.56 bits per heavy atom. The topological polar surface area (TPSA) is 63.6 Å². The molecule has 0 radical (unpaired) electrons. The molecule has 0 amide bonds. The van der Waals surface area contributed by atoms with E-state index in [4.69, 9.17) is 21.4 Å². The lowest BCUT2D eigenvalue weighted by molar-refractivity contribution is -0.149. The summed E-state index contributed by atoms with van der Waals surface area (Å²) in [5, 5.41) is 8.87. The zero-order valence-corrected chi connectivity index (χ0v) is 8.62. The van der Waals surface area contributed by atoms with Crippen molar-refractivity contribution in [3.8, 4) is 5.75 Å². The molecule has 16 heavy (non-hydrogen) atoms. The van der Waals surface area contributed by atoms with Crippen LogP contribution in [0.5, 0.6) is 5.75 Å². The van der Waals surface area contributed by atoms with E-state index in [2.05, 4.69) is 0 Å². The average Bonchev–Trinajstić information content (AvgIpc) is 2.24. The number of rotatable bonds is 1. The van der Waals surface area contributed by atoms with E-state index in [9.17, 15) is 14.0 Å². The summed E-state index contributed by atoms with van der Waals surface area (Å²) in [5.74, 6) is -2.85. The first-order chi connectivity index (χ1) is 7.45. The second-order valence-corrected chi connectivity index (χ2v) is 3.80. The van der Waals surface area contributed by atoms with E-state index in [1.54, 1.807) is 0 Å². The van der Waals surface area contributed by atoms with Crippen LogP contribution in [-0.4, -0.2) is 29.1 Å². The first-order valence-electron chi connectivity index (χ1n) is 4.34. The quantitative estimate of drug-likeness (QED) is 0.764. The van der Waals surface area contributed by atoms with Gasteiger partial charge in [-0.3, -0.25) is 4.79 Å². The van der Waals surface area contributed by atoms with Crippen molar-refractivity contribution in [2.24, 2.45) is 0 Å². The predicted molar refractivity (Wildman–Crippen MR) is 52.8 cm³/mol. The first-order valence-corrected chi connectivity index (χ1v) is 4.72. The third-order valence-electron chi connectivity index (χ3n) is 2.31. The minimum absolute atomic E-state index is 0.143. The number of carbonyl (C=O) groups is 2. The van der Waals surface area contributed by atoms with Crippen LogP contribution >= 0.6 is 11.6 Å². The lowest BCUT2D eigenvalue weighted by Gasteiger charge is -2.26. The van der Waals surface area contributed by atoms with E-state index in [0.29, 0.717) is 0 Å². The lowest BCUT2D eigenvalue weighted by Crippen LogP contribution is -2.50. The van der Waals surface area contributed by atoms with Gasteiger partial charge in [-0.1, -0.05) is 11.6 Å². The van der Waals surface area contributed by atoms with E-state index in [-0.39, 0.29) is 16.3 Å². The minimum Gasteiger partial charge on any atom is -0.488 e. The van der Waals surface area contributed by atoms with Gasteiger partial charge in [-0.25, -0.2) is 9.18 Å². The van der Waals surface area contributed by atoms with Crippen LogP contribution in [0, 0.1) is 0 Å². The monoisotopic (exact) mass is 244 g/mol. The van der Waals surface area contributed by atoms with E-state index in [1.165, 1.54) is 18.2 Å². The van der Waals surface area contributed by atoms with Crippen LogP contribution < -0.4 is 4.74 Å². The van der Waals surface area contributed by atoms with E-state index < -0.39 is 24.0 Å². The molecule has 4 nitrogen and oxygen atoms in total. The van der Waals surface area contributed by atoms with E-state index in [0.717, 1.165) is 0 Å². The van der Waals surface area contributed by atoms with Gasteiger partial charge < -0.3 is 9.84 Å². The molecule has 6 heteroatoms. The summed E-state index contributed by atoms with van der Waals surface area (Å²) in [7, 11) is 0. The van der Waals surface area contributed by atoms with Crippen LogP contribution in [0.1, 0.15) is 10.4 Å². The predicted octanol–water partition coefficient (Wildman–Crippen LogP) is 1.71. The zero-order chi connectivity index (χ0) is 11.9. The van der Waals surface area contributed by atoms with Gasteiger partial charge in [0, 0.05) is 5.02 Å². The molecule has 0 spiro atoms. The Hall–Kier alpha value is -1.62. The SMILES string of the molecule is O=C(O)C1(F)COc2ccc(Cl)cc2C1=O. The van der Waals surface area contributed by atoms with Gasteiger partial charge in [0.1, 0.15) is 12.4 Å². The van der Waals surface area contributed by atoms with Crippen molar-refractivity contribution < 1.29 is 23.8 Å². The van der Waals surface area contributed by atoms with Crippen LogP contribution in [-0.2, 0) is 4.79 Å². The fourth-order valence-electron chi connectivity index (χ4n) is 1.42.